The van der Waals surface area contributed by atoms with Gasteiger partial charge < -0.3 is 40.7 Å². The Morgan fingerprint density at radius 2 is 0.263 bits per heavy atom. The van der Waals surface area contributed by atoms with E-state index in [1.807, 2.05) is 281 Å². The minimum Gasteiger partial charge on any atom is -0.408 e. The van der Waals surface area contributed by atoms with E-state index in [2.05, 4.69) is 0 Å². The maximum absolute atomic E-state index is 6.08. The van der Waals surface area contributed by atoms with E-state index >= 15 is 0 Å². The molecule has 0 heterocycles. The van der Waals surface area contributed by atoms with Gasteiger partial charge in [-0.05, 0) is 167 Å². The van der Waals surface area contributed by atoms with E-state index in [-0.39, 0.29) is 16.5 Å². The van der Waals surface area contributed by atoms with Crippen LogP contribution in [0.1, 0.15) is 50.1 Å². The minimum atomic E-state index is -1.64. The van der Waals surface area contributed by atoms with E-state index < -0.39 is 25.8 Å². The van der Waals surface area contributed by atoms with Crippen LogP contribution in [0.5, 0.6) is 51.7 Å². The van der Waals surface area contributed by atoms with Gasteiger partial charge in [-0.15, -0.1) is 0 Å². The Kier molecular flexibility index (Phi) is 22.9. The van der Waals surface area contributed by atoms with Crippen LogP contribution in [0, 0.1) is 62.3 Å². The van der Waals surface area contributed by atoms with Crippen molar-refractivity contribution in [1.82, 2.24) is 0 Å². The molecule has 0 aromatic heterocycles. The predicted octanol–water partition coefficient (Wildman–Crippen LogP) is 19.1. The smallest absolute Gasteiger partial charge is 0.408 e. The Bertz CT molecular complexity index is 2550. The third-order valence-corrected chi connectivity index (χ3v) is 14.5. The van der Waals surface area contributed by atoms with Gasteiger partial charge in [0.15, 0.2) is 0 Å². The summed E-state index contributed by atoms with van der Waals surface area (Å²) in [6, 6.07) is 70.7. The topological polar surface area (TPSA) is 83.1 Å². The standard InChI is InChI=1S/3C21H21O3P.Ni/c3*1-16-10-4-7-13-19(16)22-25(23-20-14-8-5-11-17(20)2)24-21-15-9-6-12-18(21)3;/h3*4-15H,1-3H3;. The predicted molar refractivity (Wildman–Crippen MR) is 307 cm³/mol. The number of rotatable bonds is 18. The maximum atomic E-state index is 6.08. The Labute approximate surface area is 463 Å². The first kappa shape index (κ1) is 58.2. The van der Waals surface area contributed by atoms with Gasteiger partial charge in [0.05, 0.1) is 0 Å². The molecule has 0 aliphatic heterocycles. The first-order chi connectivity index (χ1) is 36.4. The fraction of sp³-hybridized carbons (Fsp3) is 0.143. The Hall–Kier alpha value is -7.04. The quantitative estimate of drug-likeness (QED) is 0.0616. The molecule has 0 unspecified atom stereocenters. The van der Waals surface area contributed by atoms with E-state index in [0.717, 1.165) is 102 Å². The average molecular weight is 1120 g/mol. The second-order valence-electron chi connectivity index (χ2n) is 17.4. The van der Waals surface area contributed by atoms with E-state index in [0.29, 0.717) is 0 Å². The number of benzene rings is 9. The van der Waals surface area contributed by atoms with Crippen molar-refractivity contribution in [2.45, 2.75) is 62.3 Å². The van der Waals surface area contributed by atoms with Gasteiger partial charge in [0.2, 0.25) is 0 Å². The molecular weight excluding hydrogens is 1050 g/mol. The van der Waals surface area contributed by atoms with Crippen molar-refractivity contribution in [2.24, 2.45) is 0 Å². The second kappa shape index (κ2) is 29.9. The summed E-state index contributed by atoms with van der Waals surface area (Å²) in [5, 5.41) is 0. The maximum Gasteiger partial charge on any atom is 0.530 e. The summed E-state index contributed by atoms with van der Waals surface area (Å²) in [4.78, 5) is 0. The van der Waals surface area contributed by atoms with Gasteiger partial charge in [-0.1, -0.05) is 164 Å². The Morgan fingerprint density at radius 1 is 0.171 bits per heavy atom. The van der Waals surface area contributed by atoms with Crippen LogP contribution in [0.15, 0.2) is 218 Å². The minimum absolute atomic E-state index is 0. The Balaban J connectivity index is 0.000000184. The monoisotopic (exact) mass is 1110 g/mol. The first-order valence-corrected chi connectivity index (χ1v) is 27.7. The summed E-state index contributed by atoms with van der Waals surface area (Å²) in [7, 11) is -4.91. The molecule has 9 rings (SSSR count). The second-order valence-corrected chi connectivity index (χ2v) is 20.4. The van der Waals surface area contributed by atoms with Crippen molar-refractivity contribution in [1.29, 1.82) is 0 Å². The summed E-state index contributed by atoms with van der Waals surface area (Å²) in [5.74, 6) is 6.84. The molecule has 0 aliphatic rings. The molecular formula is C63H63NiO9P3. The van der Waals surface area contributed by atoms with Crippen LogP contribution in [0.2, 0.25) is 0 Å². The first-order valence-electron chi connectivity index (χ1n) is 24.4. The molecule has 0 saturated heterocycles. The van der Waals surface area contributed by atoms with E-state index in [1.54, 1.807) is 0 Å². The molecule has 9 nitrogen and oxygen atoms in total. The van der Waals surface area contributed by atoms with Crippen molar-refractivity contribution in [3.05, 3.63) is 268 Å². The van der Waals surface area contributed by atoms with Gasteiger partial charge in [-0.2, -0.15) is 0 Å². The molecule has 0 atom stereocenters. The van der Waals surface area contributed by atoms with Gasteiger partial charge in [-0.25, -0.2) is 0 Å². The van der Waals surface area contributed by atoms with Gasteiger partial charge in [0.1, 0.15) is 51.7 Å². The summed E-state index contributed by atoms with van der Waals surface area (Å²) < 4.78 is 54.8. The summed E-state index contributed by atoms with van der Waals surface area (Å²) in [5.41, 5.74) is 9.35. The number of hydrogen-bond acceptors (Lipinski definition) is 9. The molecule has 13 heteroatoms. The fourth-order valence-electron chi connectivity index (χ4n) is 6.82. The molecule has 0 bridgehead atoms. The van der Waals surface area contributed by atoms with Crippen molar-refractivity contribution >= 4 is 25.8 Å². The fourth-order valence-corrected chi connectivity index (χ4v) is 10.4. The molecule has 394 valence electrons. The van der Waals surface area contributed by atoms with E-state index in [4.69, 9.17) is 40.7 Å². The van der Waals surface area contributed by atoms with E-state index in [1.165, 1.54) is 0 Å². The molecule has 0 amide bonds. The van der Waals surface area contributed by atoms with Crippen molar-refractivity contribution in [3.8, 4) is 51.7 Å². The van der Waals surface area contributed by atoms with Crippen LogP contribution >= 0.6 is 25.8 Å². The zero-order valence-electron chi connectivity index (χ0n) is 44.1. The third-order valence-electron chi connectivity index (χ3n) is 11.4. The Morgan fingerprint density at radius 3 is 0.355 bits per heavy atom. The third kappa shape index (κ3) is 17.8. The van der Waals surface area contributed by atoms with Gasteiger partial charge in [-0.3, -0.25) is 0 Å². The zero-order chi connectivity index (χ0) is 52.9. The number of para-hydroxylation sites is 9. The molecule has 0 aliphatic carbocycles. The van der Waals surface area contributed by atoms with Crippen LogP contribution in [0.25, 0.3) is 0 Å². The summed E-state index contributed by atoms with van der Waals surface area (Å²) >= 11 is 0. The van der Waals surface area contributed by atoms with Gasteiger partial charge >= 0.3 is 25.8 Å². The molecule has 0 radical (unpaired) electrons. The van der Waals surface area contributed by atoms with Crippen molar-refractivity contribution in [3.63, 3.8) is 0 Å². The number of hydrogen-bond donors (Lipinski definition) is 0. The number of aryl methyl sites for hydroxylation is 9. The largest absolute Gasteiger partial charge is 0.530 e. The van der Waals surface area contributed by atoms with E-state index in [9.17, 15) is 0 Å². The van der Waals surface area contributed by atoms with Crippen molar-refractivity contribution in [2.75, 3.05) is 0 Å². The molecule has 76 heavy (non-hydrogen) atoms. The van der Waals surface area contributed by atoms with Gasteiger partial charge in [0.25, 0.3) is 0 Å². The molecule has 9 aromatic carbocycles. The average Bonchev–Trinajstić information content (AvgIpc) is 3.40. The SMILES string of the molecule is Cc1ccccc1OP(Oc1ccccc1C)Oc1ccccc1C.Cc1ccccc1OP(Oc1ccccc1C)Oc1ccccc1C.Cc1ccccc1OP(Oc1ccccc1C)Oc1ccccc1C.[Ni]. The van der Waals surface area contributed by atoms with Crippen LogP contribution in [0.4, 0.5) is 0 Å². The molecule has 0 fully saturated rings. The van der Waals surface area contributed by atoms with Crippen LogP contribution in [-0.2, 0) is 16.5 Å². The van der Waals surface area contributed by atoms with Crippen molar-refractivity contribution < 1.29 is 57.2 Å². The van der Waals surface area contributed by atoms with Crippen LogP contribution in [-0.4, -0.2) is 0 Å². The summed E-state index contributed by atoms with van der Waals surface area (Å²) in [6.45, 7) is 18.0. The molecule has 0 N–H and O–H groups in total. The summed E-state index contributed by atoms with van der Waals surface area (Å²) in [6.07, 6.45) is 0. The normalized spacial score (nSPS) is 10.4. The van der Waals surface area contributed by atoms with Gasteiger partial charge in [0, 0.05) is 16.5 Å². The van der Waals surface area contributed by atoms with Crippen LogP contribution in [0.3, 0.4) is 0 Å². The van der Waals surface area contributed by atoms with Crippen LogP contribution < -0.4 is 40.7 Å². The molecule has 0 saturated carbocycles. The zero-order valence-corrected chi connectivity index (χ0v) is 47.8. The molecule has 9 aromatic rings. The molecule has 0 spiro atoms.